The Morgan fingerprint density at radius 3 is 2.38 bits per heavy atom. The summed E-state index contributed by atoms with van der Waals surface area (Å²) in [7, 11) is 1.55. The maximum atomic E-state index is 13.7. The largest absolute Gasteiger partial charge is 0.467 e. The molecule has 1 aromatic heterocycles. The van der Waals surface area contributed by atoms with Gasteiger partial charge in [-0.3, -0.25) is 14.4 Å². The molecular formula is C25H25F2N3O4. The molecule has 7 nitrogen and oxygen atoms in total. The third kappa shape index (κ3) is 6.74. The Hall–Kier alpha value is -4.01. The van der Waals surface area contributed by atoms with E-state index in [1.54, 1.807) is 48.3 Å². The number of furan rings is 1. The number of nitrogens with zero attached hydrogens (tertiary/aromatic N) is 1. The second-order valence-electron chi connectivity index (χ2n) is 7.59. The van der Waals surface area contributed by atoms with Crippen LogP contribution in [-0.4, -0.2) is 36.2 Å². The Kier molecular flexibility index (Phi) is 8.50. The van der Waals surface area contributed by atoms with Crippen LogP contribution in [0.3, 0.4) is 0 Å². The lowest BCUT2D eigenvalue weighted by atomic mass is 10.1. The van der Waals surface area contributed by atoms with Crippen molar-refractivity contribution in [3.63, 3.8) is 0 Å². The molecule has 3 amide bonds. The van der Waals surface area contributed by atoms with E-state index in [1.165, 1.54) is 6.26 Å². The summed E-state index contributed by atoms with van der Waals surface area (Å²) in [4.78, 5) is 38.4. The number of halogens is 2. The summed E-state index contributed by atoms with van der Waals surface area (Å²) in [6, 6.07) is 13.2. The Morgan fingerprint density at radius 1 is 0.971 bits per heavy atom. The van der Waals surface area contributed by atoms with Crippen molar-refractivity contribution in [1.29, 1.82) is 0 Å². The van der Waals surface area contributed by atoms with E-state index in [-0.39, 0.29) is 36.9 Å². The van der Waals surface area contributed by atoms with Gasteiger partial charge in [0.05, 0.1) is 18.4 Å². The Bertz CT molecular complexity index is 1130. The summed E-state index contributed by atoms with van der Waals surface area (Å²) >= 11 is 0. The molecule has 0 saturated carbocycles. The van der Waals surface area contributed by atoms with Gasteiger partial charge in [-0.25, -0.2) is 8.78 Å². The topological polar surface area (TPSA) is 91.7 Å². The van der Waals surface area contributed by atoms with Crippen molar-refractivity contribution in [2.24, 2.45) is 0 Å². The van der Waals surface area contributed by atoms with Crippen LogP contribution in [0.5, 0.6) is 0 Å². The fourth-order valence-electron chi connectivity index (χ4n) is 3.32. The molecular weight excluding hydrogens is 444 g/mol. The van der Waals surface area contributed by atoms with Crippen molar-refractivity contribution >= 4 is 17.7 Å². The predicted molar refractivity (Wildman–Crippen MR) is 121 cm³/mol. The van der Waals surface area contributed by atoms with Crippen LogP contribution in [0.25, 0.3) is 0 Å². The van der Waals surface area contributed by atoms with Crippen LogP contribution in [-0.2, 0) is 17.9 Å². The lowest BCUT2D eigenvalue weighted by molar-refractivity contribution is -0.132. The molecule has 1 heterocycles. The van der Waals surface area contributed by atoms with Gasteiger partial charge in [0.1, 0.15) is 17.4 Å². The van der Waals surface area contributed by atoms with Crippen molar-refractivity contribution in [2.45, 2.75) is 25.9 Å². The van der Waals surface area contributed by atoms with Gasteiger partial charge in [-0.15, -0.1) is 0 Å². The lowest BCUT2D eigenvalue weighted by Gasteiger charge is -2.22. The standard InChI is InChI=1S/C25H25F2N3O4/c1-28-24(32)18-8-6-17(7-9-18)15-30(16-20-4-3-13-34-20)23(31)5-2-12-29-25(33)21-11-10-19(26)14-22(21)27/h3-4,6-11,13-14H,2,5,12,15-16H2,1H3,(H,28,32)(H,29,33). The van der Waals surface area contributed by atoms with Crippen LogP contribution in [0.2, 0.25) is 0 Å². The van der Waals surface area contributed by atoms with E-state index in [0.29, 0.717) is 30.4 Å². The maximum absolute atomic E-state index is 13.7. The van der Waals surface area contributed by atoms with Crippen LogP contribution in [0.1, 0.15) is 44.9 Å². The molecule has 0 atom stereocenters. The molecule has 0 saturated heterocycles. The molecule has 3 aromatic rings. The molecule has 0 fully saturated rings. The van der Waals surface area contributed by atoms with Crippen molar-refractivity contribution in [2.75, 3.05) is 13.6 Å². The van der Waals surface area contributed by atoms with Crippen molar-refractivity contribution < 1.29 is 27.6 Å². The smallest absolute Gasteiger partial charge is 0.254 e. The van der Waals surface area contributed by atoms with Gasteiger partial charge in [-0.05, 0) is 48.4 Å². The highest BCUT2D eigenvalue weighted by atomic mass is 19.1. The van der Waals surface area contributed by atoms with E-state index >= 15 is 0 Å². The van der Waals surface area contributed by atoms with Crippen LogP contribution in [0.4, 0.5) is 8.78 Å². The summed E-state index contributed by atoms with van der Waals surface area (Å²) in [5.41, 5.74) is 1.10. The van der Waals surface area contributed by atoms with Gasteiger partial charge in [0.2, 0.25) is 5.91 Å². The minimum Gasteiger partial charge on any atom is -0.467 e. The first-order valence-corrected chi connectivity index (χ1v) is 10.7. The van der Waals surface area contributed by atoms with Crippen LogP contribution >= 0.6 is 0 Å². The normalized spacial score (nSPS) is 10.6. The summed E-state index contributed by atoms with van der Waals surface area (Å²) in [5.74, 6) is -2.11. The van der Waals surface area contributed by atoms with Gasteiger partial charge in [0.25, 0.3) is 11.8 Å². The fraction of sp³-hybridized carbons (Fsp3) is 0.240. The monoisotopic (exact) mass is 469 g/mol. The van der Waals surface area contributed by atoms with E-state index in [1.807, 2.05) is 0 Å². The van der Waals surface area contributed by atoms with E-state index < -0.39 is 17.5 Å². The third-order valence-electron chi connectivity index (χ3n) is 5.12. The molecule has 3 rings (SSSR count). The average Bonchev–Trinajstić information content (AvgIpc) is 3.34. The zero-order chi connectivity index (χ0) is 24.5. The SMILES string of the molecule is CNC(=O)c1ccc(CN(Cc2ccco2)C(=O)CCCNC(=O)c2ccc(F)cc2F)cc1. The Labute approximate surface area is 195 Å². The average molecular weight is 469 g/mol. The summed E-state index contributed by atoms with van der Waals surface area (Å²) in [6.45, 7) is 0.716. The molecule has 2 aromatic carbocycles. The zero-order valence-electron chi connectivity index (χ0n) is 18.6. The number of carbonyl (C=O) groups is 3. The maximum Gasteiger partial charge on any atom is 0.254 e. The number of benzene rings is 2. The molecule has 34 heavy (non-hydrogen) atoms. The van der Waals surface area contributed by atoms with Gasteiger partial charge in [0, 0.05) is 38.2 Å². The fourth-order valence-corrected chi connectivity index (χ4v) is 3.32. The molecule has 178 valence electrons. The second kappa shape index (κ2) is 11.7. The highest BCUT2D eigenvalue weighted by Crippen LogP contribution is 2.14. The molecule has 0 aliphatic heterocycles. The first-order valence-electron chi connectivity index (χ1n) is 10.7. The third-order valence-corrected chi connectivity index (χ3v) is 5.12. The number of rotatable bonds is 10. The van der Waals surface area contributed by atoms with Crippen molar-refractivity contribution in [1.82, 2.24) is 15.5 Å². The van der Waals surface area contributed by atoms with Crippen LogP contribution in [0.15, 0.2) is 65.3 Å². The quantitative estimate of drug-likeness (QED) is 0.444. The molecule has 0 aliphatic rings. The molecule has 0 spiro atoms. The summed E-state index contributed by atoms with van der Waals surface area (Å²) in [6.07, 6.45) is 2.00. The van der Waals surface area contributed by atoms with Gasteiger partial charge < -0.3 is 20.0 Å². The summed E-state index contributed by atoms with van der Waals surface area (Å²) < 4.78 is 32.1. The minimum absolute atomic E-state index is 0.142. The van der Waals surface area contributed by atoms with Gasteiger partial charge in [0.15, 0.2) is 0 Å². The van der Waals surface area contributed by atoms with Crippen molar-refractivity contribution in [3.05, 3.63) is 94.9 Å². The molecule has 0 bridgehead atoms. The summed E-state index contributed by atoms with van der Waals surface area (Å²) in [5, 5.41) is 5.10. The van der Waals surface area contributed by atoms with E-state index in [2.05, 4.69) is 10.6 Å². The van der Waals surface area contributed by atoms with E-state index in [0.717, 1.165) is 17.7 Å². The molecule has 9 heteroatoms. The first kappa shape index (κ1) is 24.6. The van der Waals surface area contributed by atoms with Crippen LogP contribution in [0, 0.1) is 11.6 Å². The lowest BCUT2D eigenvalue weighted by Crippen LogP contribution is -2.31. The van der Waals surface area contributed by atoms with E-state index in [4.69, 9.17) is 4.42 Å². The minimum atomic E-state index is -0.944. The zero-order valence-corrected chi connectivity index (χ0v) is 18.6. The number of carbonyl (C=O) groups excluding carboxylic acids is 3. The molecule has 2 N–H and O–H groups in total. The number of amides is 3. The number of hydrogen-bond acceptors (Lipinski definition) is 4. The predicted octanol–water partition coefficient (Wildman–Crippen LogP) is 3.66. The van der Waals surface area contributed by atoms with Gasteiger partial charge >= 0.3 is 0 Å². The Morgan fingerprint density at radius 2 is 1.74 bits per heavy atom. The molecule has 0 radical (unpaired) electrons. The van der Waals surface area contributed by atoms with Gasteiger partial charge in [-0.2, -0.15) is 0 Å². The highest BCUT2D eigenvalue weighted by molar-refractivity contribution is 5.94. The highest BCUT2D eigenvalue weighted by Gasteiger charge is 2.17. The second-order valence-corrected chi connectivity index (χ2v) is 7.59. The van der Waals surface area contributed by atoms with Crippen molar-refractivity contribution in [3.8, 4) is 0 Å². The van der Waals surface area contributed by atoms with Gasteiger partial charge in [-0.1, -0.05) is 12.1 Å². The van der Waals surface area contributed by atoms with Crippen LogP contribution < -0.4 is 10.6 Å². The number of hydrogen-bond donors (Lipinski definition) is 2. The van der Waals surface area contributed by atoms with E-state index in [9.17, 15) is 23.2 Å². The first-order chi connectivity index (χ1) is 16.4. The Balaban J connectivity index is 1.57. The molecule has 0 unspecified atom stereocenters. The molecule has 0 aliphatic carbocycles. The number of nitrogens with one attached hydrogen (secondary N) is 2.